The number of benzene rings is 2. The van der Waals surface area contributed by atoms with E-state index in [0.29, 0.717) is 11.3 Å². The van der Waals surface area contributed by atoms with E-state index < -0.39 is 10.0 Å². The maximum absolute atomic E-state index is 12.4. The van der Waals surface area contributed by atoms with Crippen LogP contribution in [0.5, 0.6) is 0 Å². The highest BCUT2D eigenvalue weighted by Gasteiger charge is 2.15. The van der Waals surface area contributed by atoms with Gasteiger partial charge in [0.1, 0.15) is 0 Å². The number of nitrogens with two attached hydrogens (primary N) is 1. The smallest absolute Gasteiger partial charge is 0.261 e. The first kappa shape index (κ1) is 15.1. The van der Waals surface area contributed by atoms with Crippen molar-refractivity contribution in [2.75, 3.05) is 11.3 Å². The number of nitrogens with one attached hydrogen (secondary N) is 1. The molecule has 0 aliphatic heterocycles. The van der Waals surface area contributed by atoms with Crippen LogP contribution < -0.4 is 10.5 Å². The zero-order valence-corrected chi connectivity index (χ0v) is 12.4. The second-order valence-corrected chi connectivity index (χ2v) is 6.16. The van der Waals surface area contributed by atoms with Crippen LogP contribution in [-0.4, -0.2) is 15.0 Å². The van der Waals surface area contributed by atoms with Gasteiger partial charge in [0.2, 0.25) is 0 Å². The van der Waals surface area contributed by atoms with E-state index in [1.807, 2.05) is 13.0 Å². The number of anilines is 1. The van der Waals surface area contributed by atoms with Gasteiger partial charge in [-0.2, -0.15) is 0 Å². The lowest BCUT2D eigenvalue weighted by atomic mass is 10.1. The maximum Gasteiger partial charge on any atom is 0.261 e. The van der Waals surface area contributed by atoms with Gasteiger partial charge in [-0.3, -0.25) is 4.72 Å². The average molecular weight is 300 g/mol. The van der Waals surface area contributed by atoms with Gasteiger partial charge in [0.25, 0.3) is 10.0 Å². The van der Waals surface area contributed by atoms with Crippen molar-refractivity contribution >= 4 is 15.7 Å². The summed E-state index contributed by atoms with van der Waals surface area (Å²) in [6.07, 6.45) is 0. The zero-order valence-electron chi connectivity index (χ0n) is 11.6. The third kappa shape index (κ3) is 3.85. The Morgan fingerprint density at radius 2 is 1.86 bits per heavy atom. The van der Waals surface area contributed by atoms with Crippen LogP contribution >= 0.6 is 0 Å². The topological polar surface area (TPSA) is 72.2 Å². The number of sulfonamides is 1. The maximum atomic E-state index is 12.4. The Bertz CT molecular complexity index is 788. The van der Waals surface area contributed by atoms with Crippen LogP contribution in [0.4, 0.5) is 5.69 Å². The highest BCUT2D eigenvalue weighted by molar-refractivity contribution is 7.92. The van der Waals surface area contributed by atoms with Crippen LogP contribution in [0.1, 0.15) is 11.1 Å². The lowest BCUT2D eigenvalue weighted by Crippen LogP contribution is -2.13. The SMILES string of the molecule is Cc1ccc(C#CCN)c(NS(=O)(=O)c2ccccc2)c1. The van der Waals surface area contributed by atoms with Gasteiger partial charge in [-0.05, 0) is 36.8 Å². The van der Waals surface area contributed by atoms with E-state index in [-0.39, 0.29) is 11.4 Å². The molecule has 3 N–H and O–H groups in total. The highest BCUT2D eigenvalue weighted by Crippen LogP contribution is 2.21. The van der Waals surface area contributed by atoms with Gasteiger partial charge in [-0.15, -0.1) is 0 Å². The standard InChI is InChI=1S/C16H16N2O2S/c1-13-9-10-14(6-5-11-17)16(12-13)18-21(19,20)15-7-3-2-4-8-15/h2-4,7-10,12,18H,11,17H2,1H3. The van der Waals surface area contributed by atoms with Crippen LogP contribution in [0.15, 0.2) is 53.4 Å². The fourth-order valence-corrected chi connectivity index (χ4v) is 2.89. The van der Waals surface area contributed by atoms with Crippen molar-refractivity contribution < 1.29 is 8.42 Å². The molecule has 0 aromatic heterocycles. The van der Waals surface area contributed by atoms with Crippen LogP contribution in [-0.2, 0) is 10.0 Å². The minimum absolute atomic E-state index is 0.212. The van der Waals surface area contributed by atoms with Crippen molar-refractivity contribution in [2.45, 2.75) is 11.8 Å². The third-order valence-electron chi connectivity index (χ3n) is 2.80. The highest BCUT2D eigenvalue weighted by atomic mass is 32.2. The van der Waals surface area contributed by atoms with Gasteiger partial charge >= 0.3 is 0 Å². The molecule has 0 radical (unpaired) electrons. The number of rotatable bonds is 3. The predicted octanol–water partition coefficient (Wildman–Crippen LogP) is 2.11. The van der Waals surface area contributed by atoms with E-state index in [1.165, 1.54) is 0 Å². The molecule has 2 aromatic carbocycles. The molecule has 2 rings (SSSR count). The van der Waals surface area contributed by atoms with Crippen LogP contribution in [0, 0.1) is 18.8 Å². The fourth-order valence-electron chi connectivity index (χ4n) is 1.80. The second kappa shape index (κ2) is 6.44. The summed E-state index contributed by atoms with van der Waals surface area (Å²) in [4.78, 5) is 0.212. The van der Waals surface area contributed by atoms with E-state index in [1.54, 1.807) is 42.5 Å². The molecule has 0 aliphatic rings. The third-order valence-corrected chi connectivity index (χ3v) is 4.18. The van der Waals surface area contributed by atoms with E-state index in [9.17, 15) is 8.42 Å². The Kier molecular flexibility index (Phi) is 4.63. The minimum atomic E-state index is -3.63. The molecular weight excluding hydrogens is 284 g/mol. The largest absolute Gasteiger partial charge is 0.320 e. The fraction of sp³-hybridized carbons (Fsp3) is 0.125. The van der Waals surface area contributed by atoms with Crippen molar-refractivity contribution in [3.8, 4) is 11.8 Å². The van der Waals surface area contributed by atoms with Gasteiger partial charge in [0, 0.05) is 5.56 Å². The number of hydrogen-bond donors (Lipinski definition) is 2. The first-order valence-electron chi connectivity index (χ1n) is 6.40. The Hall–Kier alpha value is -2.29. The molecule has 21 heavy (non-hydrogen) atoms. The molecule has 0 bridgehead atoms. The molecule has 108 valence electrons. The van der Waals surface area contributed by atoms with Crippen molar-refractivity contribution in [1.82, 2.24) is 0 Å². The molecule has 0 atom stereocenters. The molecule has 0 heterocycles. The van der Waals surface area contributed by atoms with Crippen LogP contribution in [0.25, 0.3) is 0 Å². The molecule has 0 amide bonds. The summed E-state index contributed by atoms with van der Waals surface area (Å²) in [5, 5.41) is 0. The summed E-state index contributed by atoms with van der Waals surface area (Å²) in [6, 6.07) is 13.6. The zero-order chi connectivity index (χ0) is 15.3. The Labute approximate surface area is 125 Å². The van der Waals surface area contributed by atoms with Gasteiger partial charge in [0.15, 0.2) is 0 Å². The average Bonchev–Trinajstić information content (AvgIpc) is 2.47. The Morgan fingerprint density at radius 1 is 1.14 bits per heavy atom. The van der Waals surface area contributed by atoms with Crippen molar-refractivity contribution in [2.24, 2.45) is 5.73 Å². The summed E-state index contributed by atoms with van der Waals surface area (Å²) in [5.74, 6) is 5.61. The van der Waals surface area contributed by atoms with E-state index >= 15 is 0 Å². The lowest BCUT2D eigenvalue weighted by Gasteiger charge is -2.10. The van der Waals surface area contributed by atoms with Crippen LogP contribution in [0.2, 0.25) is 0 Å². The van der Waals surface area contributed by atoms with E-state index in [4.69, 9.17) is 5.73 Å². The summed E-state index contributed by atoms with van der Waals surface area (Å²) in [5.41, 5.74) is 7.37. The van der Waals surface area contributed by atoms with Gasteiger partial charge < -0.3 is 5.73 Å². The van der Waals surface area contributed by atoms with Gasteiger partial charge in [0.05, 0.1) is 17.1 Å². The summed E-state index contributed by atoms with van der Waals surface area (Å²) in [7, 11) is -3.63. The first-order valence-corrected chi connectivity index (χ1v) is 7.89. The molecule has 0 fully saturated rings. The van der Waals surface area contributed by atoms with Gasteiger partial charge in [-0.25, -0.2) is 8.42 Å². The molecular formula is C16H16N2O2S. The van der Waals surface area contributed by atoms with Gasteiger partial charge in [-0.1, -0.05) is 36.1 Å². The molecule has 0 saturated heterocycles. The number of hydrogen-bond acceptors (Lipinski definition) is 3. The molecule has 5 heteroatoms. The predicted molar refractivity (Wildman–Crippen MR) is 84.4 cm³/mol. The minimum Gasteiger partial charge on any atom is -0.320 e. The van der Waals surface area contributed by atoms with Crippen LogP contribution in [0.3, 0.4) is 0 Å². The Morgan fingerprint density at radius 3 is 2.52 bits per heavy atom. The normalized spacial score (nSPS) is 10.6. The van der Waals surface area contributed by atoms with E-state index in [2.05, 4.69) is 16.6 Å². The quantitative estimate of drug-likeness (QED) is 0.853. The lowest BCUT2D eigenvalue weighted by molar-refractivity contribution is 0.601. The molecule has 4 nitrogen and oxygen atoms in total. The van der Waals surface area contributed by atoms with Crippen molar-refractivity contribution in [3.63, 3.8) is 0 Å². The summed E-state index contributed by atoms with van der Waals surface area (Å²) < 4.78 is 27.3. The molecule has 0 unspecified atom stereocenters. The molecule has 0 saturated carbocycles. The Balaban J connectivity index is 2.41. The molecule has 2 aromatic rings. The van der Waals surface area contributed by atoms with Crippen molar-refractivity contribution in [1.29, 1.82) is 0 Å². The molecule has 0 spiro atoms. The first-order chi connectivity index (χ1) is 10.0. The summed E-state index contributed by atoms with van der Waals surface area (Å²) in [6.45, 7) is 2.11. The second-order valence-electron chi connectivity index (χ2n) is 4.47. The monoisotopic (exact) mass is 300 g/mol. The number of aryl methyl sites for hydroxylation is 1. The summed E-state index contributed by atoms with van der Waals surface area (Å²) >= 11 is 0. The van der Waals surface area contributed by atoms with E-state index in [0.717, 1.165) is 5.56 Å². The van der Waals surface area contributed by atoms with Crippen molar-refractivity contribution in [3.05, 3.63) is 59.7 Å². The molecule has 0 aliphatic carbocycles.